The lowest BCUT2D eigenvalue weighted by Gasteiger charge is -2.19. The predicted octanol–water partition coefficient (Wildman–Crippen LogP) is 3.40. The van der Waals surface area contributed by atoms with Crippen molar-refractivity contribution in [3.8, 4) is 0 Å². The second-order valence-electron chi connectivity index (χ2n) is 4.32. The van der Waals surface area contributed by atoms with E-state index < -0.39 is 0 Å². The van der Waals surface area contributed by atoms with E-state index in [2.05, 4.69) is 30.1 Å². The van der Waals surface area contributed by atoms with Crippen LogP contribution < -0.4 is 0 Å². The zero-order chi connectivity index (χ0) is 11.4. The first kappa shape index (κ1) is 12.3. The van der Waals surface area contributed by atoms with E-state index in [4.69, 9.17) is 11.6 Å². The van der Waals surface area contributed by atoms with E-state index in [0.717, 1.165) is 13.1 Å². The molecule has 0 fully saturated rings. The summed E-state index contributed by atoms with van der Waals surface area (Å²) in [6.45, 7) is 1.96. The lowest BCUT2D eigenvalue weighted by atomic mass is 10.1. The van der Waals surface area contributed by atoms with Crippen LogP contribution in [0, 0.1) is 0 Å². The van der Waals surface area contributed by atoms with Gasteiger partial charge in [0.2, 0.25) is 0 Å². The number of hydrogen-bond acceptors (Lipinski definition) is 2. The fourth-order valence-corrected chi connectivity index (χ4v) is 3.35. The van der Waals surface area contributed by atoms with E-state index >= 15 is 0 Å². The molecular weight excluding hydrogens is 238 g/mol. The van der Waals surface area contributed by atoms with Gasteiger partial charge in [-0.3, -0.25) is 0 Å². The lowest BCUT2D eigenvalue weighted by Crippen LogP contribution is -2.20. The van der Waals surface area contributed by atoms with Crippen molar-refractivity contribution in [2.75, 3.05) is 25.2 Å². The van der Waals surface area contributed by atoms with Gasteiger partial charge >= 0.3 is 0 Å². The minimum absolute atomic E-state index is 0.706. The Balaban J connectivity index is 2.05. The van der Waals surface area contributed by atoms with Gasteiger partial charge in [0.1, 0.15) is 0 Å². The zero-order valence-corrected chi connectivity index (χ0v) is 11.3. The molecule has 0 spiro atoms. The first-order valence-corrected chi connectivity index (χ1v) is 7.30. The molecule has 2 rings (SSSR count). The minimum atomic E-state index is 0.706. The van der Waals surface area contributed by atoms with Crippen LogP contribution in [-0.4, -0.2) is 30.1 Å². The van der Waals surface area contributed by atoms with Gasteiger partial charge in [0.15, 0.2) is 0 Å². The van der Waals surface area contributed by atoms with Crippen molar-refractivity contribution >= 4 is 23.4 Å². The Morgan fingerprint density at radius 2 is 2.31 bits per heavy atom. The standard InChI is InChI=1S/C13H18ClNS/c1-15(7-6-14)10-11-4-5-13-12(9-11)3-2-8-16-13/h4-5,9H,2-3,6-8,10H2,1H3. The summed E-state index contributed by atoms with van der Waals surface area (Å²) in [6, 6.07) is 6.90. The van der Waals surface area contributed by atoms with Crippen LogP contribution in [0.5, 0.6) is 0 Å². The van der Waals surface area contributed by atoms with E-state index in [9.17, 15) is 0 Å². The number of nitrogens with zero attached hydrogens (tertiary/aromatic N) is 1. The number of halogens is 1. The van der Waals surface area contributed by atoms with Gasteiger partial charge in [-0.05, 0) is 42.8 Å². The molecule has 0 saturated heterocycles. The molecule has 0 saturated carbocycles. The number of benzene rings is 1. The fraction of sp³-hybridized carbons (Fsp3) is 0.538. The Hall–Kier alpha value is -0.180. The van der Waals surface area contributed by atoms with Gasteiger partial charge in [0, 0.05) is 23.9 Å². The highest BCUT2D eigenvalue weighted by Gasteiger charge is 2.10. The highest BCUT2D eigenvalue weighted by Crippen LogP contribution is 2.30. The molecule has 3 heteroatoms. The molecule has 0 unspecified atom stereocenters. The van der Waals surface area contributed by atoms with Crippen LogP contribution in [0.1, 0.15) is 17.5 Å². The average molecular weight is 256 g/mol. The SMILES string of the molecule is CN(CCCl)Cc1ccc2c(c1)CCCS2. The third-order valence-electron chi connectivity index (χ3n) is 2.89. The van der Waals surface area contributed by atoms with Crippen molar-refractivity contribution in [2.45, 2.75) is 24.3 Å². The molecule has 16 heavy (non-hydrogen) atoms. The molecule has 0 amide bonds. The van der Waals surface area contributed by atoms with Crippen molar-refractivity contribution in [1.82, 2.24) is 4.90 Å². The number of rotatable bonds is 4. The second-order valence-corrected chi connectivity index (χ2v) is 5.84. The van der Waals surface area contributed by atoms with Crippen molar-refractivity contribution in [1.29, 1.82) is 0 Å². The summed E-state index contributed by atoms with van der Waals surface area (Å²) in [5.74, 6) is 1.98. The Morgan fingerprint density at radius 1 is 1.44 bits per heavy atom. The molecule has 88 valence electrons. The number of aryl methyl sites for hydroxylation is 1. The third kappa shape index (κ3) is 3.16. The van der Waals surface area contributed by atoms with Gasteiger partial charge in [-0.1, -0.05) is 12.1 Å². The summed E-state index contributed by atoms with van der Waals surface area (Å²) in [5.41, 5.74) is 2.95. The molecule has 0 aromatic heterocycles. The van der Waals surface area contributed by atoms with Gasteiger partial charge in [-0.15, -0.1) is 23.4 Å². The topological polar surface area (TPSA) is 3.24 Å². The Labute approximate surface area is 107 Å². The van der Waals surface area contributed by atoms with Crippen molar-refractivity contribution in [2.24, 2.45) is 0 Å². The fourth-order valence-electron chi connectivity index (χ4n) is 2.05. The highest BCUT2D eigenvalue weighted by atomic mass is 35.5. The van der Waals surface area contributed by atoms with Crippen molar-refractivity contribution in [3.05, 3.63) is 29.3 Å². The molecule has 0 aliphatic carbocycles. The molecule has 1 nitrogen and oxygen atoms in total. The minimum Gasteiger partial charge on any atom is -0.301 e. The Kier molecular flexibility index (Phi) is 4.56. The van der Waals surface area contributed by atoms with E-state index in [1.807, 2.05) is 11.8 Å². The highest BCUT2D eigenvalue weighted by molar-refractivity contribution is 7.99. The Bertz CT molecular complexity index is 354. The van der Waals surface area contributed by atoms with Crippen LogP contribution in [0.2, 0.25) is 0 Å². The van der Waals surface area contributed by atoms with Crippen LogP contribution >= 0.6 is 23.4 Å². The second kappa shape index (κ2) is 5.95. The maximum atomic E-state index is 5.73. The van der Waals surface area contributed by atoms with Crippen LogP contribution in [0.3, 0.4) is 0 Å². The monoisotopic (exact) mass is 255 g/mol. The van der Waals surface area contributed by atoms with E-state index in [-0.39, 0.29) is 0 Å². The smallest absolute Gasteiger partial charge is 0.0351 e. The maximum Gasteiger partial charge on any atom is 0.0351 e. The van der Waals surface area contributed by atoms with Crippen LogP contribution in [-0.2, 0) is 13.0 Å². The average Bonchev–Trinajstić information content (AvgIpc) is 2.29. The van der Waals surface area contributed by atoms with Gasteiger partial charge in [0.05, 0.1) is 0 Å². The molecule has 1 aromatic rings. The van der Waals surface area contributed by atoms with Gasteiger partial charge < -0.3 is 4.90 Å². The maximum absolute atomic E-state index is 5.73. The van der Waals surface area contributed by atoms with E-state index in [1.54, 1.807) is 0 Å². The van der Waals surface area contributed by atoms with E-state index in [0.29, 0.717) is 5.88 Å². The molecule has 0 atom stereocenters. The van der Waals surface area contributed by atoms with Crippen LogP contribution in [0.4, 0.5) is 0 Å². The normalized spacial score (nSPS) is 15.2. The summed E-state index contributed by atoms with van der Waals surface area (Å²) in [4.78, 5) is 3.75. The van der Waals surface area contributed by atoms with Crippen molar-refractivity contribution < 1.29 is 0 Å². The van der Waals surface area contributed by atoms with Gasteiger partial charge in [-0.25, -0.2) is 0 Å². The molecular formula is C13H18ClNS. The predicted molar refractivity (Wildman–Crippen MR) is 72.5 cm³/mol. The lowest BCUT2D eigenvalue weighted by molar-refractivity contribution is 0.347. The Morgan fingerprint density at radius 3 is 3.12 bits per heavy atom. The van der Waals surface area contributed by atoms with Crippen molar-refractivity contribution in [3.63, 3.8) is 0 Å². The van der Waals surface area contributed by atoms with Crippen LogP contribution in [0.15, 0.2) is 23.1 Å². The van der Waals surface area contributed by atoms with Gasteiger partial charge in [-0.2, -0.15) is 0 Å². The molecule has 0 radical (unpaired) electrons. The summed E-state index contributed by atoms with van der Waals surface area (Å²) in [6.07, 6.45) is 2.56. The molecule has 1 aliphatic heterocycles. The first-order valence-electron chi connectivity index (χ1n) is 5.78. The number of thioether (sulfide) groups is 1. The molecule has 1 aliphatic rings. The molecule has 1 heterocycles. The van der Waals surface area contributed by atoms with Gasteiger partial charge in [0.25, 0.3) is 0 Å². The zero-order valence-electron chi connectivity index (χ0n) is 9.71. The number of fused-ring (bicyclic) bond motifs is 1. The summed E-state index contributed by atoms with van der Waals surface area (Å²) in [5, 5.41) is 0. The third-order valence-corrected chi connectivity index (χ3v) is 4.26. The summed E-state index contributed by atoms with van der Waals surface area (Å²) in [7, 11) is 2.12. The summed E-state index contributed by atoms with van der Waals surface area (Å²) < 4.78 is 0. The quantitative estimate of drug-likeness (QED) is 0.759. The number of hydrogen-bond donors (Lipinski definition) is 0. The van der Waals surface area contributed by atoms with Crippen LogP contribution in [0.25, 0.3) is 0 Å². The molecule has 0 N–H and O–H groups in total. The molecule has 0 bridgehead atoms. The first-order chi connectivity index (χ1) is 7.79. The molecule has 1 aromatic carbocycles. The number of alkyl halides is 1. The summed E-state index contributed by atoms with van der Waals surface area (Å²) >= 11 is 7.72. The van der Waals surface area contributed by atoms with E-state index in [1.165, 1.54) is 34.6 Å². The largest absolute Gasteiger partial charge is 0.301 e.